The fourth-order valence-corrected chi connectivity index (χ4v) is 1.83. The lowest BCUT2D eigenvalue weighted by Crippen LogP contribution is -2.13. The fraction of sp³-hybridized carbons (Fsp3) is 0.647. The number of benzene rings is 1. The SMILES string of the molecule is CCCCOCCOc1ccc(OC(CC)CC)cc1. The highest BCUT2D eigenvalue weighted by molar-refractivity contribution is 5.31. The van der Waals surface area contributed by atoms with Crippen molar-refractivity contribution < 1.29 is 14.2 Å². The lowest BCUT2D eigenvalue weighted by atomic mass is 10.2. The van der Waals surface area contributed by atoms with Crippen molar-refractivity contribution in [1.29, 1.82) is 0 Å². The van der Waals surface area contributed by atoms with E-state index in [4.69, 9.17) is 14.2 Å². The van der Waals surface area contributed by atoms with Gasteiger partial charge in [0.15, 0.2) is 0 Å². The summed E-state index contributed by atoms with van der Waals surface area (Å²) in [4.78, 5) is 0. The zero-order chi connectivity index (χ0) is 14.6. The monoisotopic (exact) mass is 280 g/mol. The highest BCUT2D eigenvalue weighted by Gasteiger charge is 2.05. The first-order valence-electron chi connectivity index (χ1n) is 7.77. The van der Waals surface area contributed by atoms with Crippen LogP contribution in [0, 0.1) is 0 Å². The first kappa shape index (κ1) is 16.8. The van der Waals surface area contributed by atoms with Crippen LogP contribution >= 0.6 is 0 Å². The molecule has 1 rings (SSSR count). The molecule has 0 fully saturated rings. The number of unbranched alkanes of at least 4 members (excludes halogenated alkanes) is 1. The quantitative estimate of drug-likeness (QED) is 0.560. The lowest BCUT2D eigenvalue weighted by molar-refractivity contribution is 0.0980. The molecule has 0 aromatic heterocycles. The number of hydrogen-bond donors (Lipinski definition) is 0. The molecule has 0 bridgehead atoms. The molecule has 0 radical (unpaired) electrons. The van der Waals surface area contributed by atoms with E-state index in [1.165, 1.54) is 6.42 Å². The van der Waals surface area contributed by atoms with Gasteiger partial charge in [-0.3, -0.25) is 0 Å². The summed E-state index contributed by atoms with van der Waals surface area (Å²) < 4.78 is 16.9. The van der Waals surface area contributed by atoms with E-state index in [9.17, 15) is 0 Å². The highest BCUT2D eigenvalue weighted by Crippen LogP contribution is 2.20. The van der Waals surface area contributed by atoms with Crippen molar-refractivity contribution in [2.24, 2.45) is 0 Å². The zero-order valence-corrected chi connectivity index (χ0v) is 13.1. The minimum absolute atomic E-state index is 0.300. The molecular weight excluding hydrogens is 252 g/mol. The molecule has 3 nitrogen and oxygen atoms in total. The van der Waals surface area contributed by atoms with Crippen LogP contribution < -0.4 is 9.47 Å². The average Bonchev–Trinajstić information content (AvgIpc) is 2.49. The van der Waals surface area contributed by atoms with E-state index in [0.717, 1.165) is 37.4 Å². The molecule has 0 N–H and O–H groups in total. The Labute approximate surface area is 123 Å². The normalized spacial score (nSPS) is 10.8. The topological polar surface area (TPSA) is 27.7 Å². The van der Waals surface area contributed by atoms with Gasteiger partial charge in [-0.25, -0.2) is 0 Å². The third kappa shape index (κ3) is 6.80. The number of hydrogen-bond acceptors (Lipinski definition) is 3. The van der Waals surface area contributed by atoms with Crippen molar-refractivity contribution in [2.75, 3.05) is 19.8 Å². The Kier molecular flexibility index (Phi) is 8.88. The van der Waals surface area contributed by atoms with E-state index in [1.54, 1.807) is 0 Å². The summed E-state index contributed by atoms with van der Waals surface area (Å²) in [6.07, 6.45) is 4.64. The molecule has 114 valence electrons. The second kappa shape index (κ2) is 10.6. The molecule has 1 aromatic rings. The molecule has 20 heavy (non-hydrogen) atoms. The first-order chi connectivity index (χ1) is 9.80. The predicted molar refractivity (Wildman–Crippen MR) is 82.7 cm³/mol. The van der Waals surface area contributed by atoms with E-state index >= 15 is 0 Å². The Morgan fingerprint density at radius 1 is 0.850 bits per heavy atom. The zero-order valence-electron chi connectivity index (χ0n) is 13.1. The van der Waals surface area contributed by atoms with Gasteiger partial charge in [0.1, 0.15) is 18.1 Å². The molecule has 0 aliphatic heterocycles. The average molecular weight is 280 g/mol. The molecule has 0 amide bonds. The van der Waals surface area contributed by atoms with Crippen molar-refractivity contribution in [3.8, 4) is 11.5 Å². The van der Waals surface area contributed by atoms with Crippen LogP contribution in [0.1, 0.15) is 46.5 Å². The van der Waals surface area contributed by atoms with Crippen molar-refractivity contribution >= 4 is 0 Å². The van der Waals surface area contributed by atoms with E-state index in [2.05, 4.69) is 20.8 Å². The summed E-state index contributed by atoms with van der Waals surface area (Å²) in [6, 6.07) is 7.82. The van der Waals surface area contributed by atoms with Crippen LogP contribution in [0.15, 0.2) is 24.3 Å². The Hall–Kier alpha value is -1.22. The van der Waals surface area contributed by atoms with Crippen LogP contribution in [-0.2, 0) is 4.74 Å². The maximum Gasteiger partial charge on any atom is 0.119 e. The maximum atomic E-state index is 5.86. The van der Waals surface area contributed by atoms with E-state index in [1.807, 2.05) is 24.3 Å². The molecule has 0 atom stereocenters. The van der Waals surface area contributed by atoms with Gasteiger partial charge in [0.05, 0.1) is 12.7 Å². The van der Waals surface area contributed by atoms with Gasteiger partial charge < -0.3 is 14.2 Å². The minimum atomic E-state index is 0.300. The van der Waals surface area contributed by atoms with Crippen molar-refractivity contribution in [3.63, 3.8) is 0 Å². The van der Waals surface area contributed by atoms with Crippen molar-refractivity contribution in [3.05, 3.63) is 24.3 Å². The second-order valence-electron chi connectivity index (χ2n) is 4.84. The third-order valence-electron chi connectivity index (χ3n) is 3.18. The van der Waals surface area contributed by atoms with Crippen LogP contribution in [-0.4, -0.2) is 25.9 Å². The fourth-order valence-electron chi connectivity index (χ4n) is 1.83. The minimum Gasteiger partial charge on any atom is -0.491 e. The summed E-state index contributed by atoms with van der Waals surface area (Å²) in [5, 5.41) is 0. The van der Waals surface area contributed by atoms with Crippen LogP contribution in [0.5, 0.6) is 11.5 Å². The van der Waals surface area contributed by atoms with Gasteiger partial charge in [-0.05, 0) is 43.5 Å². The third-order valence-corrected chi connectivity index (χ3v) is 3.18. The summed E-state index contributed by atoms with van der Waals surface area (Å²) in [5.41, 5.74) is 0. The lowest BCUT2D eigenvalue weighted by Gasteiger charge is -2.15. The molecule has 0 spiro atoms. The van der Waals surface area contributed by atoms with Crippen molar-refractivity contribution in [1.82, 2.24) is 0 Å². The summed E-state index contributed by atoms with van der Waals surface area (Å²) in [6.45, 7) is 8.50. The Morgan fingerprint density at radius 3 is 2.10 bits per heavy atom. The second-order valence-corrected chi connectivity index (χ2v) is 4.84. The molecule has 0 saturated carbocycles. The molecule has 0 heterocycles. The smallest absolute Gasteiger partial charge is 0.119 e. The molecular formula is C17H28O3. The van der Waals surface area contributed by atoms with E-state index in [0.29, 0.717) is 19.3 Å². The first-order valence-corrected chi connectivity index (χ1v) is 7.77. The van der Waals surface area contributed by atoms with Gasteiger partial charge in [0.25, 0.3) is 0 Å². The van der Waals surface area contributed by atoms with Crippen molar-refractivity contribution in [2.45, 2.75) is 52.6 Å². The molecule has 0 aliphatic rings. The van der Waals surface area contributed by atoms with Crippen LogP contribution in [0.25, 0.3) is 0 Å². The van der Waals surface area contributed by atoms with Crippen LogP contribution in [0.3, 0.4) is 0 Å². The molecule has 0 saturated heterocycles. The molecule has 3 heteroatoms. The summed E-state index contributed by atoms with van der Waals surface area (Å²) in [7, 11) is 0. The van der Waals surface area contributed by atoms with Gasteiger partial charge in [-0.15, -0.1) is 0 Å². The molecule has 1 aromatic carbocycles. The standard InChI is InChI=1S/C17H28O3/c1-4-7-12-18-13-14-19-16-8-10-17(11-9-16)20-15(5-2)6-3/h8-11,15H,4-7,12-14H2,1-3H3. The Balaban J connectivity index is 2.24. The largest absolute Gasteiger partial charge is 0.491 e. The highest BCUT2D eigenvalue weighted by atomic mass is 16.5. The van der Waals surface area contributed by atoms with Gasteiger partial charge >= 0.3 is 0 Å². The summed E-state index contributed by atoms with van der Waals surface area (Å²) >= 11 is 0. The predicted octanol–water partition coefficient (Wildman–Crippen LogP) is 4.45. The van der Waals surface area contributed by atoms with Crippen LogP contribution in [0.4, 0.5) is 0 Å². The molecule has 0 aliphatic carbocycles. The van der Waals surface area contributed by atoms with Gasteiger partial charge in [-0.1, -0.05) is 27.2 Å². The van der Waals surface area contributed by atoms with E-state index < -0.39 is 0 Å². The van der Waals surface area contributed by atoms with Gasteiger partial charge in [0, 0.05) is 6.61 Å². The maximum absolute atomic E-state index is 5.86. The number of rotatable bonds is 11. The summed E-state index contributed by atoms with van der Waals surface area (Å²) in [5.74, 6) is 1.77. The Bertz CT molecular complexity index is 331. The van der Waals surface area contributed by atoms with E-state index in [-0.39, 0.29) is 0 Å². The number of ether oxygens (including phenoxy) is 3. The van der Waals surface area contributed by atoms with Gasteiger partial charge in [0.2, 0.25) is 0 Å². The van der Waals surface area contributed by atoms with Crippen LogP contribution in [0.2, 0.25) is 0 Å². The van der Waals surface area contributed by atoms with Gasteiger partial charge in [-0.2, -0.15) is 0 Å². The Morgan fingerprint density at radius 2 is 1.50 bits per heavy atom. The molecule has 0 unspecified atom stereocenters.